The largest absolute Gasteiger partial charge is 0.459 e. The van der Waals surface area contributed by atoms with Crippen LogP contribution in [0.5, 0.6) is 0 Å². The molecule has 1 aromatic carbocycles. The highest BCUT2D eigenvalue weighted by atomic mass is 16.7. The second-order valence-electron chi connectivity index (χ2n) is 27.8. The van der Waals surface area contributed by atoms with Gasteiger partial charge in [0.2, 0.25) is 17.7 Å². The highest BCUT2D eigenvalue weighted by Crippen LogP contribution is 2.35. The van der Waals surface area contributed by atoms with E-state index in [1.54, 1.807) is 6.08 Å². The van der Waals surface area contributed by atoms with Crippen molar-refractivity contribution in [3.63, 3.8) is 0 Å². The zero-order chi connectivity index (χ0) is 84.0. The number of benzene rings is 1. The molecule has 42 nitrogen and oxygen atoms in total. The predicted molar refractivity (Wildman–Crippen MR) is 391 cm³/mol. The minimum Gasteiger partial charge on any atom is -0.459 e. The zero-order valence-electron chi connectivity index (χ0n) is 65.4. The number of carbonyl (C=O) groups is 14. The van der Waals surface area contributed by atoms with E-state index >= 15 is 0 Å². The molecule has 6 heterocycles. The first kappa shape index (κ1) is 94.3. The van der Waals surface area contributed by atoms with Crippen molar-refractivity contribution in [2.45, 2.75) is 226 Å². The third kappa shape index (κ3) is 31.3. The lowest BCUT2D eigenvalue weighted by Gasteiger charge is -2.44. The number of nitrogens with one attached hydrogen (secondary N) is 4. The fourth-order valence-corrected chi connectivity index (χ4v) is 12.7. The van der Waals surface area contributed by atoms with Crippen molar-refractivity contribution in [1.29, 1.82) is 0 Å². The standard InChI is InChI=1S/C29H40N6O9.C23H35N5O10.C20H29N5O7/c1-18-19(2)28(33-24(37)10-7-11-27(40)44-35-25(38)12-13-26(35)39)29(43-23(18)16-32-34-30)41-17-22(42-20(3)36)15-31-14-21-8-5-4-6-9-21;1-13-14(2)22(26-18(30)6-5-7-21(33)38-28-19(31)8-9-20(28)32)23(37-17(13)10-25-27-24)35-12-16(11-34-4)36-15(3)29;1-4-10-30-20-19(13(3)12(2)14(31-20)11-22-24-21)23-15(26)6-5-7-18(29)32-25-16(27)8-9-17(25)28/h4-6,8-9,18-19,22-23,28-29,31H,7,10-17H2,1-3H3,(H,33,37);13-14,16-17,22-23H,5-12H2,1-4H3,(H,26,30);4,12-14,19-20H,1,5-11H2,2-3H3,(H,23,26). The minimum absolute atomic E-state index is 0.00532. The molecule has 17 atom stereocenters. The van der Waals surface area contributed by atoms with E-state index in [0.29, 0.717) is 28.3 Å². The average Bonchev–Trinajstić information content (AvgIpc) is 1.01. The maximum atomic E-state index is 12.9. The molecule has 6 aliphatic heterocycles. The quantitative estimate of drug-likeness (QED) is 0.0163. The Kier molecular flexibility index (Phi) is 40.9. The van der Waals surface area contributed by atoms with E-state index in [-0.39, 0.29) is 202 Å². The van der Waals surface area contributed by atoms with Gasteiger partial charge in [0.25, 0.3) is 35.4 Å². The summed E-state index contributed by atoms with van der Waals surface area (Å²) in [7, 11) is 1.45. The number of azide groups is 3. The fraction of sp³-hybridized carbons (Fsp3) is 0.694. The summed E-state index contributed by atoms with van der Waals surface area (Å²) < 4.78 is 51.5. The smallest absolute Gasteiger partial charge is 0.333 e. The third-order valence-corrected chi connectivity index (χ3v) is 19.5. The van der Waals surface area contributed by atoms with E-state index in [1.807, 2.05) is 71.9 Å². The molecule has 7 rings (SSSR count). The molecule has 4 N–H and O–H groups in total. The van der Waals surface area contributed by atoms with Crippen molar-refractivity contribution in [2.75, 3.05) is 59.7 Å². The van der Waals surface area contributed by atoms with Crippen LogP contribution in [-0.4, -0.2) is 225 Å². The molecule has 17 unspecified atom stereocenters. The first-order chi connectivity index (χ1) is 54.4. The van der Waals surface area contributed by atoms with Crippen LogP contribution >= 0.6 is 0 Å². The van der Waals surface area contributed by atoms with Gasteiger partial charge in [-0.15, -0.1) is 21.8 Å². The van der Waals surface area contributed by atoms with Gasteiger partial charge in [-0.1, -0.05) is 93.3 Å². The number of hydrogen-bond acceptors (Lipinski definition) is 30. The highest BCUT2D eigenvalue weighted by Gasteiger charge is 2.47. The number of amides is 9. The lowest BCUT2D eigenvalue weighted by atomic mass is 9.82. The van der Waals surface area contributed by atoms with Crippen LogP contribution in [0.2, 0.25) is 0 Å². The van der Waals surface area contributed by atoms with Crippen LogP contribution in [0.25, 0.3) is 31.3 Å². The Morgan fingerprint density at radius 2 is 0.816 bits per heavy atom. The molecular formula is C72H104N16O26. The monoisotopic (exact) mass is 1610 g/mol. The number of imide groups is 3. The molecule has 9 amide bonds. The van der Waals surface area contributed by atoms with Crippen LogP contribution in [0, 0.1) is 35.5 Å². The molecule has 114 heavy (non-hydrogen) atoms. The first-order valence-corrected chi connectivity index (χ1v) is 37.5. The van der Waals surface area contributed by atoms with Crippen molar-refractivity contribution in [2.24, 2.45) is 50.9 Å². The van der Waals surface area contributed by atoms with Gasteiger partial charge in [0.1, 0.15) is 12.2 Å². The van der Waals surface area contributed by atoms with E-state index in [2.05, 4.69) is 57.9 Å². The zero-order valence-corrected chi connectivity index (χ0v) is 65.4. The number of nitrogens with zero attached hydrogens (tertiary/aromatic N) is 12. The van der Waals surface area contributed by atoms with Gasteiger partial charge in [-0.05, 0) is 76.9 Å². The van der Waals surface area contributed by atoms with Gasteiger partial charge >= 0.3 is 29.8 Å². The molecule has 0 saturated carbocycles. The molecule has 0 bridgehead atoms. The normalized spacial score (nSPS) is 25.6. The SMILES string of the molecule is C=CCOC1OC(CN=[N+]=[N-])C(C)C(C)C1NC(=O)CCCC(=O)ON1C(=O)CCC1=O.CC(=O)OC(CNCc1ccccc1)COC1OC(CN=[N+]=[N-])C(C)C(C)C1NC(=O)CCCC(=O)ON1C(=O)CCC1=O.COCC(COC1OC(CN=[N+]=[N-])C(C)C(C)C1NC(=O)CCCC(=O)ON1C(=O)CCC1=O)OC(C)=O. The van der Waals surface area contributed by atoms with Gasteiger partial charge in [0, 0.05) is 126 Å². The molecule has 42 heteroatoms. The van der Waals surface area contributed by atoms with Crippen LogP contribution < -0.4 is 21.3 Å². The van der Waals surface area contributed by atoms with Crippen LogP contribution in [0.4, 0.5) is 0 Å². The van der Waals surface area contributed by atoms with E-state index < -0.39 is 127 Å². The lowest BCUT2D eigenvalue weighted by molar-refractivity contribution is -0.242. The molecule has 0 aliphatic carbocycles. The Morgan fingerprint density at radius 3 is 1.13 bits per heavy atom. The van der Waals surface area contributed by atoms with E-state index in [4.69, 9.17) is 73.7 Å². The maximum absolute atomic E-state index is 12.9. The van der Waals surface area contributed by atoms with Crippen molar-refractivity contribution < 1.29 is 124 Å². The number of methoxy groups -OCH3 is 1. The number of carbonyl (C=O) groups excluding carboxylic acids is 14. The van der Waals surface area contributed by atoms with Crippen LogP contribution in [-0.2, 0) is 131 Å². The summed E-state index contributed by atoms with van der Waals surface area (Å²) in [6.07, 6.45) is -3.83. The summed E-state index contributed by atoms with van der Waals surface area (Å²) in [5.41, 5.74) is 27.2. The molecular weight excluding hydrogens is 1500 g/mol. The topological polar surface area (TPSA) is 554 Å². The number of esters is 2. The van der Waals surface area contributed by atoms with Gasteiger partial charge < -0.3 is 78.4 Å². The Balaban J connectivity index is 0.000000309. The van der Waals surface area contributed by atoms with Crippen molar-refractivity contribution >= 4 is 83.0 Å². The Bertz CT molecular complexity index is 3590. The average molecular weight is 1610 g/mol. The van der Waals surface area contributed by atoms with Gasteiger partial charge in [-0.2, -0.15) is 0 Å². The summed E-state index contributed by atoms with van der Waals surface area (Å²) in [4.78, 5) is 189. The van der Waals surface area contributed by atoms with Gasteiger partial charge in [0.15, 0.2) is 18.9 Å². The van der Waals surface area contributed by atoms with Crippen LogP contribution in [0.15, 0.2) is 58.3 Å². The summed E-state index contributed by atoms with van der Waals surface area (Å²) in [6.45, 7) is 19.1. The lowest BCUT2D eigenvalue weighted by Crippen LogP contribution is -2.58. The highest BCUT2D eigenvalue weighted by molar-refractivity contribution is 6.03. The summed E-state index contributed by atoms with van der Waals surface area (Å²) in [6, 6.07) is 8.05. The predicted octanol–water partition coefficient (Wildman–Crippen LogP) is 5.20. The molecule has 628 valence electrons. The number of hydroxylamine groups is 6. The van der Waals surface area contributed by atoms with Crippen LogP contribution in [0.3, 0.4) is 0 Å². The molecule has 0 aromatic heterocycles. The van der Waals surface area contributed by atoms with Crippen molar-refractivity contribution in [3.8, 4) is 0 Å². The molecule has 0 spiro atoms. The molecule has 6 saturated heterocycles. The Labute approximate surface area is 657 Å². The molecule has 0 radical (unpaired) electrons. The maximum Gasteiger partial charge on any atom is 0.333 e. The first-order valence-electron chi connectivity index (χ1n) is 37.5. The van der Waals surface area contributed by atoms with E-state index in [0.717, 1.165) is 5.56 Å². The number of ether oxygens (including phenoxy) is 9. The summed E-state index contributed by atoms with van der Waals surface area (Å²) in [5, 5.41) is 24.2. The van der Waals surface area contributed by atoms with E-state index in [1.165, 1.54) is 21.0 Å². The summed E-state index contributed by atoms with van der Waals surface area (Å²) >= 11 is 0. The van der Waals surface area contributed by atoms with E-state index in [9.17, 15) is 67.1 Å². The number of hydrogen-bond donors (Lipinski definition) is 4. The molecule has 6 fully saturated rings. The minimum atomic E-state index is -0.951. The second kappa shape index (κ2) is 49.4. The number of rotatable bonds is 41. The Hall–Kier alpha value is -10.2. The Morgan fingerprint density at radius 1 is 0.491 bits per heavy atom. The second-order valence-corrected chi connectivity index (χ2v) is 27.8. The molecule has 6 aliphatic rings. The van der Waals surface area contributed by atoms with Gasteiger partial charge in [0.05, 0.1) is 82.5 Å². The van der Waals surface area contributed by atoms with Crippen molar-refractivity contribution in [3.05, 3.63) is 79.9 Å². The van der Waals surface area contributed by atoms with Crippen LogP contribution in [0.1, 0.15) is 157 Å². The fourth-order valence-electron chi connectivity index (χ4n) is 12.7. The van der Waals surface area contributed by atoms with Gasteiger partial charge in [-0.3, -0.25) is 52.7 Å². The third-order valence-electron chi connectivity index (χ3n) is 19.5. The molecule has 1 aromatic rings. The van der Waals surface area contributed by atoms with Crippen molar-refractivity contribution in [1.82, 2.24) is 36.5 Å². The summed E-state index contributed by atoms with van der Waals surface area (Å²) in [5.74, 6) is -8.40. The van der Waals surface area contributed by atoms with Gasteiger partial charge in [-0.25, -0.2) is 14.4 Å².